The Morgan fingerprint density at radius 2 is 1.94 bits per heavy atom. The molecule has 5 rings (SSSR count). The van der Waals surface area contributed by atoms with Gasteiger partial charge in [0.1, 0.15) is 5.82 Å². The van der Waals surface area contributed by atoms with Gasteiger partial charge < -0.3 is 15.1 Å². The molecule has 33 heavy (non-hydrogen) atoms. The van der Waals surface area contributed by atoms with E-state index in [0.29, 0.717) is 10.6 Å². The first kappa shape index (κ1) is 21.9. The second-order valence-corrected chi connectivity index (χ2v) is 9.49. The summed E-state index contributed by atoms with van der Waals surface area (Å²) in [4.78, 5) is 26.9. The summed E-state index contributed by atoms with van der Waals surface area (Å²) in [7, 11) is 0. The molecule has 0 unspecified atom stereocenters. The minimum absolute atomic E-state index is 0.0448. The molecular formula is C24H23ClFN3O4. The van der Waals surface area contributed by atoms with E-state index in [4.69, 9.17) is 11.6 Å². The predicted octanol–water partition coefficient (Wildman–Crippen LogP) is 4.06. The highest BCUT2D eigenvalue weighted by Gasteiger charge is 2.45. The van der Waals surface area contributed by atoms with Crippen molar-refractivity contribution in [1.82, 2.24) is 9.78 Å². The third kappa shape index (κ3) is 3.48. The number of halogens is 2. The van der Waals surface area contributed by atoms with Crippen LogP contribution in [0, 0.1) is 11.2 Å². The zero-order valence-corrected chi connectivity index (χ0v) is 18.7. The van der Waals surface area contributed by atoms with Crippen molar-refractivity contribution >= 4 is 40.2 Å². The van der Waals surface area contributed by atoms with E-state index in [-0.39, 0.29) is 42.1 Å². The molecule has 1 saturated heterocycles. The van der Waals surface area contributed by atoms with E-state index in [9.17, 15) is 24.2 Å². The van der Waals surface area contributed by atoms with Gasteiger partial charge in [0.25, 0.3) is 5.91 Å². The molecule has 7 nitrogen and oxygen atoms in total. The molecule has 1 aliphatic carbocycles. The van der Waals surface area contributed by atoms with Crippen LogP contribution in [0.4, 0.5) is 10.2 Å². The number of benzene rings is 2. The number of carboxylic acid groups (broad SMARTS) is 1. The van der Waals surface area contributed by atoms with Gasteiger partial charge in [-0.25, -0.2) is 4.39 Å². The van der Waals surface area contributed by atoms with Crippen molar-refractivity contribution in [3.63, 3.8) is 0 Å². The van der Waals surface area contributed by atoms with Crippen molar-refractivity contribution in [3.8, 4) is 0 Å². The number of fused-ring (bicyclic) bond motifs is 1. The lowest BCUT2D eigenvalue weighted by molar-refractivity contribution is -0.156. The molecule has 2 heterocycles. The monoisotopic (exact) mass is 471 g/mol. The Balaban J connectivity index is 1.61. The molecule has 2 aromatic carbocycles. The van der Waals surface area contributed by atoms with E-state index >= 15 is 0 Å². The first-order valence-corrected chi connectivity index (χ1v) is 11.3. The second-order valence-electron chi connectivity index (χ2n) is 9.09. The molecule has 0 radical (unpaired) electrons. The average Bonchev–Trinajstić information content (AvgIpc) is 3.55. The van der Waals surface area contributed by atoms with E-state index in [0.717, 1.165) is 23.1 Å². The van der Waals surface area contributed by atoms with Crippen molar-refractivity contribution in [3.05, 3.63) is 58.4 Å². The fourth-order valence-electron chi connectivity index (χ4n) is 4.57. The number of carboxylic acids is 1. The van der Waals surface area contributed by atoms with Crippen molar-refractivity contribution in [2.24, 2.45) is 5.41 Å². The maximum absolute atomic E-state index is 15.0. The first-order chi connectivity index (χ1) is 15.7. The van der Waals surface area contributed by atoms with Crippen LogP contribution in [0.2, 0.25) is 5.02 Å². The van der Waals surface area contributed by atoms with Crippen LogP contribution in [-0.4, -0.2) is 51.1 Å². The molecule has 3 aromatic rings. The minimum Gasteiger partial charge on any atom is -0.481 e. The number of anilines is 1. The van der Waals surface area contributed by atoms with Crippen LogP contribution in [0.3, 0.4) is 0 Å². The van der Waals surface area contributed by atoms with Crippen LogP contribution in [0.15, 0.2) is 36.4 Å². The van der Waals surface area contributed by atoms with Crippen molar-refractivity contribution in [2.45, 2.75) is 38.2 Å². The van der Waals surface area contributed by atoms with Gasteiger partial charge in [-0.05, 0) is 55.9 Å². The number of carbonyl (C=O) groups is 2. The smallest absolute Gasteiger partial charge is 0.312 e. The fourth-order valence-corrected chi connectivity index (χ4v) is 4.83. The van der Waals surface area contributed by atoms with Crippen LogP contribution >= 0.6 is 11.6 Å². The molecule has 2 atom stereocenters. The van der Waals surface area contributed by atoms with Crippen molar-refractivity contribution in [2.75, 3.05) is 18.0 Å². The van der Waals surface area contributed by atoms with Crippen molar-refractivity contribution in [1.29, 1.82) is 0 Å². The lowest BCUT2D eigenvalue weighted by Crippen LogP contribution is -2.53. The SMILES string of the molecule is C[C@@]1(C(=O)O)CCN(c2nn(C(=O)c3c(Cl)cccc3C3CC3)c3cccc(F)c23)C[C@H]1O. The molecular weight excluding hydrogens is 449 g/mol. The Bertz CT molecular complexity index is 1290. The highest BCUT2D eigenvalue weighted by Crippen LogP contribution is 2.44. The molecule has 2 fully saturated rings. The van der Waals surface area contributed by atoms with Gasteiger partial charge >= 0.3 is 5.97 Å². The molecule has 2 N–H and O–H groups in total. The van der Waals surface area contributed by atoms with Gasteiger partial charge in [0, 0.05) is 13.1 Å². The standard InChI is InChI=1S/C24H23ClFN3O4/c1-24(23(32)33)10-11-28(12-18(24)30)21-20-16(26)6-3-7-17(20)29(27-21)22(31)19-14(13-8-9-13)4-2-5-15(19)25/h2-7,13,18,30H,8-12H2,1H3,(H,32,33)/t18-,24-/m1/s1. The summed E-state index contributed by atoms with van der Waals surface area (Å²) in [6.45, 7) is 1.69. The van der Waals surface area contributed by atoms with Gasteiger partial charge in [0.15, 0.2) is 5.82 Å². The van der Waals surface area contributed by atoms with Crippen LogP contribution in [0.1, 0.15) is 48.0 Å². The lowest BCUT2D eigenvalue weighted by Gasteiger charge is -2.40. The first-order valence-electron chi connectivity index (χ1n) is 10.9. The number of aliphatic hydroxyl groups is 1. The fraction of sp³-hybridized carbons (Fsp3) is 0.375. The topological polar surface area (TPSA) is 95.7 Å². The van der Waals surface area contributed by atoms with Gasteiger partial charge in [-0.1, -0.05) is 29.8 Å². The Labute approximate surface area is 194 Å². The van der Waals surface area contributed by atoms with E-state index in [1.807, 2.05) is 12.1 Å². The third-order valence-electron chi connectivity index (χ3n) is 6.93. The summed E-state index contributed by atoms with van der Waals surface area (Å²) in [5.41, 5.74) is 0.205. The molecule has 1 aromatic heterocycles. The van der Waals surface area contributed by atoms with E-state index in [2.05, 4.69) is 5.10 Å². The number of aromatic nitrogens is 2. The normalized spacial score (nSPS) is 23.2. The zero-order valence-electron chi connectivity index (χ0n) is 18.0. The molecule has 2 aliphatic rings. The molecule has 0 amide bonds. The number of nitrogens with zero attached hydrogens (tertiary/aromatic N) is 3. The molecule has 9 heteroatoms. The Morgan fingerprint density at radius 3 is 2.61 bits per heavy atom. The van der Waals surface area contributed by atoms with Gasteiger partial charge in [0.2, 0.25) is 0 Å². The number of aliphatic carboxylic acids is 1. The number of hydrogen-bond donors (Lipinski definition) is 2. The largest absolute Gasteiger partial charge is 0.481 e. The summed E-state index contributed by atoms with van der Waals surface area (Å²) < 4.78 is 16.1. The Kier molecular flexibility index (Phi) is 5.17. The highest BCUT2D eigenvalue weighted by molar-refractivity contribution is 6.34. The van der Waals surface area contributed by atoms with Crippen LogP contribution in [0.25, 0.3) is 10.9 Å². The minimum atomic E-state index is -1.31. The number of piperidine rings is 1. The summed E-state index contributed by atoms with van der Waals surface area (Å²) in [5, 5.41) is 25.0. The molecule has 172 valence electrons. The second kappa shape index (κ2) is 7.81. The summed E-state index contributed by atoms with van der Waals surface area (Å²) in [6.07, 6.45) is 0.927. The van der Waals surface area contributed by atoms with E-state index < -0.39 is 29.2 Å². The molecule has 0 spiro atoms. The Hall–Kier alpha value is -2.97. The third-order valence-corrected chi connectivity index (χ3v) is 7.24. The average molecular weight is 472 g/mol. The van der Waals surface area contributed by atoms with Gasteiger partial charge in [0.05, 0.1) is 33.0 Å². The maximum Gasteiger partial charge on any atom is 0.312 e. The molecule has 0 bridgehead atoms. The number of carbonyl (C=O) groups excluding carboxylic acids is 1. The quantitative estimate of drug-likeness (QED) is 0.596. The van der Waals surface area contributed by atoms with Crippen LogP contribution < -0.4 is 4.90 Å². The summed E-state index contributed by atoms with van der Waals surface area (Å²) >= 11 is 6.43. The maximum atomic E-state index is 15.0. The van der Waals surface area contributed by atoms with Gasteiger partial charge in [-0.15, -0.1) is 5.10 Å². The lowest BCUT2D eigenvalue weighted by atomic mass is 9.78. The number of aliphatic hydroxyl groups excluding tert-OH is 1. The molecule has 1 aliphatic heterocycles. The van der Waals surface area contributed by atoms with Gasteiger partial charge in [-0.3, -0.25) is 9.59 Å². The number of β-amino-alcohol motifs (C(OH)–C–C–N with tert-alkyl or cyclic N) is 1. The van der Waals surface area contributed by atoms with Crippen LogP contribution in [-0.2, 0) is 4.79 Å². The van der Waals surface area contributed by atoms with Gasteiger partial charge in [-0.2, -0.15) is 4.68 Å². The zero-order chi connectivity index (χ0) is 23.5. The number of hydrogen-bond acceptors (Lipinski definition) is 5. The Morgan fingerprint density at radius 1 is 1.21 bits per heavy atom. The highest BCUT2D eigenvalue weighted by atomic mass is 35.5. The van der Waals surface area contributed by atoms with Crippen molar-refractivity contribution < 1.29 is 24.2 Å². The van der Waals surface area contributed by atoms with E-state index in [1.165, 1.54) is 19.1 Å². The number of rotatable bonds is 4. The predicted molar refractivity (Wildman–Crippen MR) is 121 cm³/mol. The summed E-state index contributed by atoms with van der Waals surface area (Å²) in [6, 6.07) is 9.76. The van der Waals surface area contributed by atoms with E-state index in [1.54, 1.807) is 17.0 Å². The molecule has 1 saturated carbocycles. The summed E-state index contributed by atoms with van der Waals surface area (Å²) in [5.74, 6) is -1.62. The van der Waals surface area contributed by atoms with Crippen LogP contribution in [0.5, 0.6) is 0 Å².